The summed E-state index contributed by atoms with van der Waals surface area (Å²) in [5.74, 6) is 0.119. The van der Waals surface area contributed by atoms with Gasteiger partial charge in [0.15, 0.2) is 0 Å². The maximum atomic E-state index is 10.6. The second kappa shape index (κ2) is 3.42. The van der Waals surface area contributed by atoms with E-state index >= 15 is 0 Å². The van der Waals surface area contributed by atoms with Crippen LogP contribution in [0.1, 0.15) is 25.2 Å². The van der Waals surface area contributed by atoms with Gasteiger partial charge < -0.3 is 9.67 Å². The van der Waals surface area contributed by atoms with Crippen molar-refractivity contribution in [2.75, 3.05) is 0 Å². The molecule has 1 aliphatic heterocycles. The molecule has 0 saturated carbocycles. The molecule has 2 atom stereocenters. The molecule has 0 spiro atoms. The third-order valence-electron chi connectivity index (χ3n) is 2.54. The number of carbonyl (C=O) groups is 1. The molecule has 76 valence electrons. The second-order valence-electron chi connectivity index (χ2n) is 3.55. The van der Waals surface area contributed by atoms with Gasteiger partial charge in [-0.05, 0) is 13.3 Å². The Bertz CT molecular complexity index is 348. The Labute approximate surface area is 81.8 Å². The maximum absolute atomic E-state index is 10.6. The number of imidazole rings is 1. The molecule has 2 heterocycles. The zero-order valence-electron chi connectivity index (χ0n) is 7.97. The highest BCUT2D eigenvalue weighted by Crippen LogP contribution is 2.23. The first-order chi connectivity index (χ1) is 6.68. The van der Waals surface area contributed by atoms with Crippen molar-refractivity contribution in [3.63, 3.8) is 0 Å². The van der Waals surface area contributed by atoms with Gasteiger partial charge in [-0.25, -0.2) is 4.98 Å². The van der Waals surface area contributed by atoms with Crippen molar-refractivity contribution in [2.45, 2.75) is 32.0 Å². The van der Waals surface area contributed by atoms with Crippen LogP contribution in [-0.2, 0) is 11.3 Å². The Kier molecular flexibility index (Phi) is 2.25. The number of carboxylic acids is 1. The van der Waals surface area contributed by atoms with Crippen LogP contribution in [0.2, 0.25) is 0 Å². The standard InChI is InChI=1S/C9H13N3O2/c1-6(9(13)14)11-7-2-4-12-5-3-10-8(7)12/h3,5-7,11H,2,4H2,1H3,(H,13,14). The van der Waals surface area contributed by atoms with Crippen LogP contribution in [0.15, 0.2) is 12.4 Å². The van der Waals surface area contributed by atoms with Gasteiger partial charge in [0, 0.05) is 18.9 Å². The SMILES string of the molecule is CC(NC1CCn2ccnc21)C(=O)O. The Hall–Kier alpha value is -1.36. The summed E-state index contributed by atoms with van der Waals surface area (Å²) in [7, 11) is 0. The van der Waals surface area contributed by atoms with Gasteiger partial charge in [-0.15, -0.1) is 0 Å². The number of hydrogen-bond acceptors (Lipinski definition) is 3. The van der Waals surface area contributed by atoms with Crippen LogP contribution in [0.25, 0.3) is 0 Å². The summed E-state index contributed by atoms with van der Waals surface area (Å²) in [5.41, 5.74) is 0. The molecule has 2 rings (SSSR count). The van der Waals surface area contributed by atoms with Crippen molar-refractivity contribution >= 4 is 5.97 Å². The molecule has 0 fully saturated rings. The van der Waals surface area contributed by atoms with E-state index < -0.39 is 12.0 Å². The molecule has 0 radical (unpaired) electrons. The van der Waals surface area contributed by atoms with E-state index in [1.54, 1.807) is 13.1 Å². The van der Waals surface area contributed by atoms with Crippen LogP contribution in [0.4, 0.5) is 0 Å². The van der Waals surface area contributed by atoms with Crippen molar-refractivity contribution in [3.8, 4) is 0 Å². The van der Waals surface area contributed by atoms with Gasteiger partial charge in [-0.1, -0.05) is 0 Å². The van der Waals surface area contributed by atoms with Crippen LogP contribution in [0, 0.1) is 0 Å². The fraction of sp³-hybridized carbons (Fsp3) is 0.556. The van der Waals surface area contributed by atoms with Crippen molar-refractivity contribution in [1.29, 1.82) is 0 Å². The predicted octanol–water partition coefficient (Wildman–Crippen LogP) is 0.391. The number of aromatic nitrogens is 2. The molecule has 2 unspecified atom stereocenters. The van der Waals surface area contributed by atoms with E-state index in [1.165, 1.54) is 0 Å². The Morgan fingerprint density at radius 3 is 3.36 bits per heavy atom. The molecule has 1 aliphatic rings. The fourth-order valence-corrected chi connectivity index (χ4v) is 1.75. The first-order valence-corrected chi connectivity index (χ1v) is 4.68. The Balaban J connectivity index is 2.05. The molecular formula is C9H13N3O2. The number of nitrogens with zero attached hydrogens (tertiary/aromatic N) is 2. The third-order valence-corrected chi connectivity index (χ3v) is 2.54. The largest absolute Gasteiger partial charge is 0.480 e. The molecule has 0 bridgehead atoms. The van der Waals surface area contributed by atoms with Crippen LogP contribution in [-0.4, -0.2) is 26.7 Å². The van der Waals surface area contributed by atoms with Gasteiger partial charge in [0.25, 0.3) is 0 Å². The number of hydrogen-bond donors (Lipinski definition) is 2. The molecular weight excluding hydrogens is 182 g/mol. The summed E-state index contributed by atoms with van der Waals surface area (Å²) in [5, 5.41) is 11.8. The number of carboxylic acid groups (broad SMARTS) is 1. The van der Waals surface area contributed by atoms with Crippen LogP contribution < -0.4 is 5.32 Å². The van der Waals surface area contributed by atoms with Gasteiger partial charge in [0.05, 0.1) is 6.04 Å². The molecule has 0 amide bonds. The summed E-state index contributed by atoms with van der Waals surface area (Å²) in [6.07, 6.45) is 4.58. The minimum atomic E-state index is -0.824. The third kappa shape index (κ3) is 1.50. The number of fused-ring (bicyclic) bond motifs is 1. The topological polar surface area (TPSA) is 67.2 Å². The lowest BCUT2D eigenvalue weighted by molar-refractivity contribution is -0.139. The van der Waals surface area contributed by atoms with Crippen LogP contribution in [0.5, 0.6) is 0 Å². The predicted molar refractivity (Wildman–Crippen MR) is 49.8 cm³/mol. The van der Waals surface area contributed by atoms with Crippen molar-refractivity contribution in [1.82, 2.24) is 14.9 Å². The van der Waals surface area contributed by atoms with Crippen molar-refractivity contribution in [3.05, 3.63) is 18.2 Å². The lowest BCUT2D eigenvalue weighted by atomic mass is 10.2. The molecule has 5 heteroatoms. The second-order valence-corrected chi connectivity index (χ2v) is 3.55. The molecule has 2 N–H and O–H groups in total. The fourth-order valence-electron chi connectivity index (χ4n) is 1.75. The van der Waals surface area contributed by atoms with E-state index in [0.717, 1.165) is 18.8 Å². The van der Waals surface area contributed by atoms with Crippen LogP contribution >= 0.6 is 0 Å². The molecule has 5 nitrogen and oxygen atoms in total. The van der Waals surface area contributed by atoms with Crippen LogP contribution in [0.3, 0.4) is 0 Å². The van der Waals surface area contributed by atoms with Gasteiger partial charge >= 0.3 is 5.97 Å². The summed E-state index contributed by atoms with van der Waals surface area (Å²) in [4.78, 5) is 14.8. The van der Waals surface area contributed by atoms with Gasteiger partial charge in [-0.3, -0.25) is 10.1 Å². The summed E-state index contributed by atoms with van der Waals surface area (Å²) in [6, 6.07) is -0.445. The normalized spacial score (nSPS) is 21.9. The summed E-state index contributed by atoms with van der Waals surface area (Å²) >= 11 is 0. The molecule has 14 heavy (non-hydrogen) atoms. The Morgan fingerprint density at radius 1 is 1.86 bits per heavy atom. The highest BCUT2D eigenvalue weighted by atomic mass is 16.4. The zero-order valence-corrected chi connectivity index (χ0v) is 7.97. The minimum Gasteiger partial charge on any atom is -0.480 e. The maximum Gasteiger partial charge on any atom is 0.320 e. The van der Waals surface area contributed by atoms with Gasteiger partial charge in [-0.2, -0.15) is 0 Å². The van der Waals surface area contributed by atoms with E-state index in [1.807, 2.05) is 10.8 Å². The lowest BCUT2D eigenvalue weighted by Crippen LogP contribution is -2.36. The van der Waals surface area contributed by atoms with Crippen molar-refractivity contribution in [2.24, 2.45) is 0 Å². The van der Waals surface area contributed by atoms with E-state index in [2.05, 4.69) is 10.3 Å². The Morgan fingerprint density at radius 2 is 2.64 bits per heavy atom. The summed E-state index contributed by atoms with van der Waals surface area (Å²) in [6.45, 7) is 2.56. The first kappa shape index (κ1) is 9.21. The average Bonchev–Trinajstić information content (AvgIpc) is 2.69. The van der Waals surface area contributed by atoms with E-state index in [9.17, 15) is 4.79 Å². The summed E-state index contributed by atoms with van der Waals surface area (Å²) < 4.78 is 2.05. The lowest BCUT2D eigenvalue weighted by Gasteiger charge is -2.14. The molecule has 0 aromatic carbocycles. The molecule has 0 aliphatic carbocycles. The van der Waals surface area contributed by atoms with E-state index in [4.69, 9.17) is 5.11 Å². The van der Waals surface area contributed by atoms with Gasteiger partial charge in [0.2, 0.25) is 0 Å². The van der Waals surface area contributed by atoms with E-state index in [-0.39, 0.29) is 6.04 Å². The molecule has 0 saturated heterocycles. The number of aliphatic carboxylic acids is 1. The quantitative estimate of drug-likeness (QED) is 0.732. The smallest absolute Gasteiger partial charge is 0.320 e. The monoisotopic (exact) mass is 195 g/mol. The van der Waals surface area contributed by atoms with Gasteiger partial charge in [0.1, 0.15) is 11.9 Å². The number of aryl methyl sites for hydroxylation is 1. The molecule has 1 aromatic rings. The van der Waals surface area contributed by atoms with E-state index in [0.29, 0.717) is 0 Å². The number of nitrogens with one attached hydrogen (secondary N) is 1. The zero-order chi connectivity index (χ0) is 10.1. The highest BCUT2D eigenvalue weighted by Gasteiger charge is 2.26. The molecule has 1 aromatic heterocycles. The first-order valence-electron chi connectivity index (χ1n) is 4.68. The minimum absolute atomic E-state index is 0.0797. The highest BCUT2D eigenvalue weighted by molar-refractivity contribution is 5.72. The van der Waals surface area contributed by atoms with Crippen molar-refractivity contribution < 1.29 is 9.90 Å². The average molecular weight is 195 g/mol. The number of rotatable bonds is 3.